The average molecular weight is 271 g/mol. The second-order valence-electron chi connectivity index (χ2n) is 3.27. The van der Waals surface area contributed by atoms with E-state index in [0.717, 1.165) is 19.4 Å². The summed E-state index contributed by atoms with van der Waals surface area (Å²) >= 11 is 11.3. The van der Waals surface area contributed by atoms with Gasteiger partial charge in [0.25, 0.3) is 0 Å². The smallest absolute Gasteiger partial charge is 0.208 e. The van der Waals surface area contributed by atoms with Crippen LogP contribution in [0.15, 0.2) is 18.2 Å². The van der Waals surface area contributed by atoms with Crippen molar-refractivity contribution in [1.29, 1.82) is 0 Å². The van der Waals surface area contributed by atoms with Gasteiger partial charge in [0.15, 0.2) is 0 Å². The molecule has 0 spiro atoms. The largest absolute Gasteiger partial charge is 0.242 e. The number of alkyl halides is 2. The zero-order valence-electron chi connectivity index (χ0n) is 10.2. The van der Waals surface area contributed by atoms with Crippen LogP contribution in [0.25, 0.3) is 0 Å². The highest BCUT2D eigenvalue weighted by atomic mass is 35.5. The lowest BCUT2D eigenvalue weighted by Gasteiger charge is -1.94. The van der Waals surface area contributed by atoms with Crippen LogP contribution in [0.5, 0.6) is 0 Å². The fourth-order valence-electron chi connectivity index (χ4n) is 0.692. The van der Waals surface area contributed by atoms with Crippen molar-refractivity contribution in [2.75, 3.05) is 0 Å². The molecule has 1 aromatic rings. The Morgan fingerprint density at radius 3 is 1.38 bits per heavy atom. The first-order chi connectivity index (χ1) is 7.18. The Bertz CT molecular complexity index is 237. The van der Waals surface area contributed by atoms with Crippen molar-refractivity contribution < 1.29 is 8.78 Å². The first kappa shape index (κ1) is 18.0. The van der Waals surface area contributed by atoms with Crippen molar-refractivity contribution in [3.8, 4) is 0 Å². The molecule has 1 rings (SSSR count). The Labute approximate surface area is 107 Å². The summed E-state index contributed by atoms with van der Waals surface area (Å²) in [5.41, 5.74) is 1.09. The minimum absolute atomic E-state index is 0.694. The standard InChI is InChI=1S/C7H6Cl2.C3H6F2.C2H6/c1-5-2-6(8)4-7(9)3-5;1-3(2,4)5;1-2/h2-4H,1H3;1-2H3;1-2H3. The molecule has 0 aliphatic heterocycles. The lowest BCUT2D eigenvalue weighted by atomic mass is 10.2. The van der Waals surface area contributed by atoms with Crippen LogP contribution in [0.3, 0.4) is 0 Å². The molecular formula is C12H18Cl2F2. The van der Waals surface area contributed by atoms with E-state index in [1.54, 1.807) is 6.07 Å². The summed E-state index contributed by atoms with van der Waals surface area (Å²) in [6.45, 7) is 7.66. The van der Waals surface area contributed by atoms with Gasteiger partial charge in [-0.05, 0) is 44.5 Å². The lowest BCUT2D eigenvalue weighted by molar-refractivity contribution is 0.0437. The van der Waals surface area contributed by atoms with Crippen LogP contribution in [-0.2, 0) is 0 Å². The van der Waals surface area contributed by atoms with Gasteiger partial charge < -0.3 is 0 Å². The lowest BCUT2D eigenvalue weighted by Crippen LogP contribution is -1.98. The molecule has 0 unspecified atom stereocenters. The van der Waals surface area contributed by atoms with E-state index in [9.17, 15) is 8.78 Å². The van der Waals surface area contributed by atoms with Gasteiger partial charge in [-0.25, -0.2) is 8.78 Å². The second-order valence-corrected chi connectivity index (χ2v) is 4.15. The van der Waals surface area contributed by atoms with Gasteiger partial charge in [-0.15, -0.1) is 0 Å². The molecule has 0 heterocycles. The molecule has 16 heavy (non-hydrogen) atoms. The third kappa shape index (κ3) is 16.1. The van der Waals surface area contributed by atoms with Crippen LogP contribution in [-0.4, -0.2) is 5.92 Å². The molecule has 0 amide bonds. The van der Waals surface area contributed by atoms with Gasteiger partial charge in [-0.3, -0.25) is 0 Å². The third-order valence-electron chi connectivity index (χ3n) is 1.01. The molecule has 0 saturated carbocycles. The van der Waals surface area contributed by atoms with E-state index in [-0.39, 0.29) is 0 Å². The Balaban J connectivity index is 0. The van der Waals surface area contributed by atoms with Crippen LogP contribution in [0, 0.1) is 6.92 Å². The number of benzene rings is 1. The van der Waals surface area contributed by atoms with E-state index in [2.05, 4.69) is 0 Å². The molecule has 0 aliphatic rings. The molecule has 0 atom stereocenters. The highest BCUT2D eigenvalue weighted by Crippen LogP contribution is 2.17. The summed E-state index contributed by atoms with van der Waals surface area (Å²) in [7, 11) is 0. The highest BCUT2D eigenvalue weighted by molar-refractivity contribution is 6.34. The van der Waals surface area contributed by atoms with Crippen molar-refractivity contribution in [2.45, 2.75) is 40.5 Å². The third-order valence-corrected chi connectivity index (χ3v) is 1.44. The summed E-state index contributed by atoms with van der Waals surface area (Å²) in [5, 5.41) is 1.39. The van der Waals surface area contributed by atoms with Crippen molar-refractivity contribution in [3.63, 3.8) is 0 Å². The first-order valence-electron chi connectivity index (χ1n) is 4.99. The predicted octanol–water partition coefficient (Wildman–Crippen LogP) is 5.99. The van der Waals surface area contributed by atoms with Crippen LogP contribution in [0.2, 0.25) is 10.0 Å². The van der Waals surface area contributed by atoms with Crippen molar-refractivity contribution in [1.82, 2.24) is 0 Å². The van der Waals surface area contributed by atoms with Gasteiger partial charge in [0.2, 0.25) is 5.92 Å². The predicted molar refractivity (Wildman–Crippen MR) is 68.8 cm³/mol. The molecule has 0 saturated heterocycles. The van der Waals surface area contributed by atoms with Crippen molar-refractivity contribution >= 4 is 23.2 Å². The maximum atomic E-state index is 11.0. The number of hydrogen-bond donors (Lipinski definition) is 0. The average Bonchev–Trinajstić information content (AvgIpc) is 2.01. The van der Waals surface area contributed by atoms with Crippen molar-refractivity contribution in [3.05, 3.63) is 33.8 Å². The highest BCUT2D eigenvalue weighted by Gasteiger charge is 2.08. The molecule has 4 heteroatoms. The minimum atomic E-state index is -2.50. The number of halogens is 4. The number of rotatable bonds is 0. The fraction of sp³-hybridized carbons (Fsp3) is 0.500. The summed E-state index contributed by atoms with van der Waals surface area (Å²) in [4.78, 5) is 0. The molecule has 0 radical (unpaired) electrons. The van der Waals surface area contributed by atoms with Crippen LogP contribution in [0.1, 0.15) is 33.3 Å². The molecular weight excluding hydrogens is 253 g/mol. The molecule has 0 bridgehead atoms. The van der Waals surface area contributed by atoms with E-state index in [1.807, 2.05) is 32.9 Å². The maximum absolute atomic E-state index is 11.0. The summed E-state index contributed by atoms with van der Waals surface area (Å²) in [6.07, 6.45) is 0. The van der Waals surface area contributed by atoms with Crippen LogP contribution in [0.4, 0.5) is 8.78 Å². The van der Waals surface area contributed by atoms with Gasteiger partial charge in [0.1, 0.15) is 0 Å². The molecule has 0 N–H and O–H groups in total. The summed E-state index contributed by atoms with van der Waals surface area (Å²) < 4.78 is 22.0. The zero-order chi connectivity index (χ0) is 13.4. The van der Waals surface area contributed by atoms with Crippen LogP contribution < -0.4 is 0 Å². The van der Waals surface area contributed by atoms with E-state index in [4.69, 9.17) is 23.2 Å². The normalized spacial score (nSPS) is 9.56. The summed E-state index contributed by atoms with van der Waals surface area (Å²) in [6, 6.07) is 5.46. The monoisotopic (exact) mass is 270 g/mol. The Kier molecular flexibility index (Phi) is 9.89. The van der Waals surface area contributed by atoms with E-state index in [1.165, 1.54) is 0 Å². The van der Waals surface area contributed by atoms with Gasteiger partial charge in [0, 0.05) is 10.0 Å². The van der Waals surface area contributed by atoms with Crippen molar-refractivity contribution in [2.24, 2.45) is 0 Å². The Hall–Kier alpha value is -0.340. The quantitative estimate of drug-likeness (QED) is 0.543. The fourth-order valence-corrected chi connectivity index (χ4v) is 1.33. The minimum Gasteiger partial charge on any atom is -0.208 e. The van der Waals surface area contributed by atoms with Gasteiger partial charge in [-0.2, -0.15) is 0 Å². The topological polar surface area (TPSA) is 0 Å². The second kappa shape index (κ2) is 8.77. The molecule has 94 valence electrons. The Morgan fingerprint density at radius 1 is 0.938 bits per heavy atom. The van der Waals surface area contributed by atoms with Gasteiger partial charge in [0.05, 0.1) is 0 Å². The molecule has 0 nitrogen and oxygen atoms in total. The molecule has 0 aromatic heterocycles. The van der Waals surface area contributed by atoms with Crippen LogP contribution >= 0.6 is 23.2 Å². The molecule has 0 fully saturated rings. The van der Waals surface area contributed by atoms with E-state index in [0.29, 0.717) is 10.0 Å². The Morgan fingerprint density at radius 2 is 1.19 bits per heavy atom. The SMILES string of the molecule is CC.CC(C)(F)F.Cc1cc(Cl)cc(Cl)c1. The molecule has 1 aromatic carbocycles. The van der Waals surface area contributed by atoms with E-state index >= 15 is 0 Å². The maximum Gasteiger partial charge on any atom is 0.242 e. The first-order valence-corrected chi connectivity index (χ1v) is 5.74. The summed E-state index contributed by atoms with van der Waals surface area (Å²) in [5.74, 6) is -2.50. The van der Waals surface area contributed by atoms with Gasteiger partial charge in [-0.1, -0.05) is 37.0 Å². The van der Waals surface area contributed by atoms with E-state index < -0.39 is 5.92 Å². The number of aryl methyl sites for hydroxylation is 1. The molecule has 0 aliphatic carbocycles. The van der Waals surface area contributed by atoms with Gasteiger partial charge >= 0.3 is 0 Å². The zero-order valence-corrected chi connectivity index (χ0v) is 11.8. The number of hydrogen-bond acceptors (Lipinski definition) is 0.